The van der Waals surface area contributed by atoms with Gasteiger partial charge in [-0.2, -0.15) is 5.26 Å². The molecule has 0 fully saturated rings. The zero-order chi connectivity index (χ0) is 17.5. The number of rotatable bonds is 6. The summed E-state index contributed by atoms with van der Waals surface area (Å²) in [7, 11) is 6.62. The summed E-state index contributed by atoms with van der Waals surface area (Å²) in [6.07, 6.45) is 1.52. The molecule has 0 heterocycles. The highest BCUT2D eigenvalue weighted by atomic mass is 16.5. The highest BCUT2D eigenvalue weighted by Gasteiger charge is 2.12. The van der Waals surface area contributed by atoms with Gasteiger partial charge in [0.25, 0.3) is 0 Å². The van der Waals surface area contributed by atoms with E-state index in [-0.39, 0.29) is 0 Å². The molecule has 5 heteroatoms. The third-order valence-corrected chi connectivity index (χ3v) is 3.68. The fraction of sp³-hybridized carbons (Fsp3) is 0.211. The maximum atomic E-state index is 9.19. The number of nitrogens with zero attached hydrogens (tertiary/aromatic N) is 1. The largest absolute Gasteiger partial charge is 0.495 e. The molecule has 0 aromatic heterocycles. The molecule has 0 bridgehead atoms. The number of hydrogen-bond acceptors (Lipinski definition) is 5. The molecule has 0 saturated heterocycles. The lowest BCUT2D eigenvalue weighted by atomic mass is 9.96. The first kappa shape index (κ1) is 17.2. The molecule has 0 spiro atoms. The Labute approximate surface area is 142 Å². The smallest absolute Gasteiger partial charge is 0.161 e. The Morgan fingerprint density at radius 2 is 1.50 bits per heavy atom. The van der Waals surface area contributed by atoms with Crippen molar-refractivity contribution in [3.8, 4) is 23.3 Å². The van der Waals surface area contributed by atoms with E-state index in [1.165, 1.54) is 6.08 Å². The second-order valence-corrected chi connectivity index (χ2v) is 4.92. The molecule has 0 unspecified atom stereocenters. The van der Waals surface area contributed by atoms with Gasteiger partial charge in [-0.15, -0.1) is 0 Å². The van der Waals surface area contributed by atoms with E-state index in [1.807, 2.05) is 43.4 Å². The summed E-state index contributed by atoms with van der Waals surface area (Å²) in [5.74, 6) is 1.99. The molecule has 2 aromatic rings. The molecule has 124 valence electrons. The summed E-state index contributed by atoms with van der Waals surface area (Å²) < 4.78 is 15.9. The summed E-state index contributed by atoms with van der Waals surface area (Å²) in [6.45, 7) is 0. The number of nitrogens with one attached hydrogen (secondary N) is 1. The highest BCUT2D eigenvalue weighted by molar-refractivity contribution is 5.84. The predicted molar refractivity (Wildman–Crippen MR) is 94.8 cm³/mol. The summed E-state index contributed by atoms with van der Waals surface area (Å²) in [4.78, 5) is 0. The van der Waals surface area contributed by atoms with Crippen LogP contribution in [-0.4, -0.2) is 28.4 Å². The molecule has 2 aromatic carbocycles. The van der Waals surface area contributed by atoms with Crippen molar-refractivity contribution in [1.29, 1.82) is 5.26 Å². The van der Waals surface area contributed by atoms with E-state index in [0.717, 1.165) is 28.1 Å². The molecule has 24 heavy (non-hydrogen) atoms. The quantitative estimate of drug-likeness (QED) is 0.821. The number of methoxy groups -OCH3 is 3. The number of hydrogen-bond donors (Lipinski definition) is 1. The van der Waals surface area contributed by atoms with Crippen molar-refractivity contribution < 1.29 is 14.2 Å². The molecule has 0 amide bonds. The molecule has 0 atom stereocenters. The van der Waals surface area contributed by atoms with Gasteiger partial charge in [-0.3, -0.25) is 0 Å². The van der Waals surface area contributed by atoms with E-state index >= 15 is 0 Å². The molecule has 0 aliphatic carbocycles. The third-order valence-electron chi connectivity index (χ3n) is 3.68. The lowest BCUT2D eigenvalue weighted by Gasteiger charge is -2.14. The maximum absolute atomic E-state index is 9.19. The first-order valence-corrected chi connectivity index (χ1v) is 7.36. The van der Waals surface area contributed by atoms with Crippen LogP contribution in [-0.2, 0) is 0 Å². The standard InChI is InChI=1S/C19H20N2O3/c1-21-16-11-13(5-7-17(16)22-2)15(9-10-20)14-6-8-18(23-3)19(12-14)24-4/h5-9,11-12,21H,1-4H3/b15-9+. The first-order chi connectivity index (χ1) is 11.7. The van der Waals surface area contributed by atoms with Gasteiger partial charge in [-0.25, -0.2) is 0 Å². The van der Waals surface area contributed by atoms with E-state index < -0.39 is 0 Å². The van der Waals surface area contributed by atoms with Gasteiger partial charge < -0.3 is 19.5 Å². The van der Waals surface area contributed by atoms with Gasteiger partial charge in [-0.05, 0) is 41.0 Å². The van der Waals surface area contributed by atoms with Crippen molar-refractivity contribution in [2.45, 2.75) is 0 Å². The van der Waals surface area contributed by atoms with Gasteiger partial charge in [-0.1, -0.05) is 12.1 Å². The third kappa shape index (κ3) is 3.44. The molecule has 0 saturated carbocycles. The van der Waals surface area contributed by atoms with Gasteiger partial charge in [0.05, 0.1) is 33.1 Å². The van der Waals surface area contributed by atoms with Crippen molar-refractivity contribution in [2.75, 3.05) is 33.7 Å². The van der Waals surface area contributed by atoms with Crippen LogP contribution in [0.5, 0.6) is 17.2 Å². The Bertz CT molecular complexity index is 734. The minimum Gasteiger partial charge on any atom is -0.495 e. The van der Waals surface area contributed by atoms with Crippen molar-refractivity contribution >= 4 is 11.3 Å². The van der Waals surface area contributed by atoms with Crippen LogP contribution in [0.4, 0.5) is 5.69 Å². The lowest BCUT2D eigenvalue weighted by Crippen LogP contribution is -1.97. The highest BCUT2D eigenvalue weighted by Crippen LogP contribution is 2.35. The summed E-state index contributed by atoms with van der Waals surface area (Å²) in [6, 6.07) is 13.4. The van der Waals surface area contributed by atoms with Crippen LogP contribution in [0.25, 0.3) is 5.57 Å². The number of benzene rings is 2. The Kier molecular flexibility index (Phi) is 5.69. The second kappa shape index (κ2) is 7.93. The molecule has 0 aliphatic heterocycles. The summed E-state index contributed by atoms with van der Waals surface area (Å²) >= 11 is 0. The minimum atomic E-state index is 0.612. The van der Waals surface area contributed by atoms with Crippen molar-refractivity contribution in [2.24, 2.45) is 0 Å². The Hall–Kier alpha value is -3.13. The van der Waals surface area contributed by atoms with E-state index in [0.29, 0.717) is 11.5 Å². The van der Waals surface area contributed by atoms with E-state index in [9.17, 15) is 5.26 Å². The van der Waals surface area contributed by atoms with Gasteiger partial charge in [0, 0.05) is 13.1 Å². The normalized spacial score (nSPS) is 10.7. The lowest BCUT2D eigenvalue weighted by molar-refractivity contribution is 0.355. The fourth-order valence-corrected chi connectivity index (χ4v) is 2.47. The zero-order valence-corrected chi connectivity index (χ0v) is 14.2. The zero-order valence-electron chi connectivity index (χ0n) is 14.2. The van der Waals surface area contributed by atoms with Crippen LogP contribution in [0.15, 0.2) is 42.5 Å². The molecule has 0 aliphatic rings. The average Bonchev–Trinajstić information content (AvgIpc) is 2.64. The van der Waals surface area contributed by atoms with Gasteiger partial charge >= 0.3 is 0 Å². The monoisotopic (exact) mass is 324 g/mol. The van der Waals surface area contributed by atoms with Crippen molar-refractivity contribution in [1.82, 2.24) is 0 Å². The molecule has 2 rings (SSSR count). The molecule has 5 nitrogen and oxygen atoms in total. The SMILES string of the molecule is CNc1cc(/C(=C\C#N)c2ccc(OC)c(OC)c2)ccc1OC. The van der Waals surface area contributed by atoms with Crippen LogP contribution in [0.3, 0.4) is 0 Å². The van der Waals surface area contributed by atoms with Crippen LogP contribution >= 0.6 is 0 Å². The predicted octanol–water partition coefficient (Wildman–Crippen LogP) is 3.71. The van der Waals surface area contributed by atoms with Crippen LogP contribution in [0, 0.1) is 11.3 Å². The topological polar surface area (TPSA) is 63.5 Å². The van der Waals surface area contributed by atoms with Crippen molar-refractivity contribution in [3.63, 3.8) is 0 Å². The number of allylic oxidation sites excluding steroid dienone is 1. The first-order valence-electron chi connectivity index (χ1n) is 7.36. The number of ether oxygens (including phenoxy) is 3. The number of nitriles is 1. The molecule has 0 radical (unpaired) electrons. The molecular weight excluding hydrogens is 304 g/mol. The molecular formula is C19H20N2O3. The summed E-state index contributed by atoms with van der Waals surface area (Å²) in [5.41, 5.74) is 3.40. The minimum absolute atomic E-state index is 0.612. The average molecular weight is 324 g/mol. The fourth-order valence-electron chi connectivity index (χ4n) is 2.47. The Morgan fingerprint density at radius 3 is 2.04 bits per heavy atom. The van der Waals surface area contributed by atoms with E-state index in [4.69, 9.17) is 14.2 Å². The molecule has 1 N–H and O–H groups in total. The Morgan fingerprint density at radius 1 is 0.917 bits per heavy atom. The second-order valence-electron chi connectivity index (χ2n) is 4.92. The summed E-state index contributed by atoms with van der Waals surface area (Å²) in [5, 5.41) is 12.3. The van der Waals surface area contributed by atoms with Crippen LogP contribution < -0.4 is 19.5 Å². The van der Waals surface area contributed by atoms with Crippen molar-refractivity contribution in [3.05, 3.63) is 53.6 Å². The maximum Gasteiger partial charge on any atom is 0.161 e. The number of anilines is 1. The van der Waals surface area contributed by atoms with Gasteiger partial charge in [0.15, 0.2) is 11.5 Å². The van der Waals surface area contributed by atoms with Crippen LogP contribution in [0.1, 0.15) is 11.1 Å². The van der Waals surface area contributed by atoms with Gasteiger partial charge in [0.1, 0.15) is 5.75 Å². The van der Waals surface area contributed by atoms with E-state index in [1.54, 1.807) is 21.3 Å². The van der Waals surface area contributed by atoms with Crippen LogP contribution in [0.2, 0.25) is 0 Å². The van der Waals surface area contributed by atoms with Gasteiger partial charge in [0.2, 0.25) is 0 Å². The van der Waals surface area contributed by atoms with E-state index in [2.05, 4.69) is 11.4 Å². The Balaban J connectivity index is 2.56.